The zero-order valence-corrected chi connectivity index (χ0v) is 20.0. The lowest BCUT2D eigenvalue weighted by molar-refractivity contribution is -0.141. The Morgan fingerprint density at radius 3 is 2.56 bits per heavy atom. The average Bonchev–Trinajstić information content (AvgIpc) is 3.09. The lowest BCUT2D eigenvalue weighted by Gasteiger charge is -2.17. The van der Waals surface area contributed by atoms with Crippen molar-refractivity contribution in [1.82, 2.24) is 9.80 Å². The summed E-state index contributed by atoms with van der Waals surface area (Å²) in [6.07, 6.45) is -2.90. The van der Waals surface area contributed by atoms with Gasteiger partial charge in [-0.1, -0.05) is 13.3 Å². The van der Waals surface area contributed by atoms with E-state index in [1.165, 1.54) is 24.1 Å². The number of carbonyl (C=O) groups excluding carboxylic acids is 3. The number of carbonyl (C=O) groups is 3. The maximum Gasteiger partial charge on any atom is 0.417 e. The third-order valence-electron chi connectivity index (χ3n) is 5.75. The van der Waals surface area contributed by atoms with Crippen LogP contribution in [-0.4, -0.2) is 61.1 Å². The van der Waals surface area contributed by atoms with E-state index in [9.17, 15) is 32.3 Å². The first-order valence-electron chi connectivity index (χ1n) is 11.5. The van der Waals surface area contributed by atoms with Gasteiger partial charge in [0.15, 0.2) is 0 Å². The van der Waals surface area contributed by atoms with Gasteiger partial charge in [0.25, 0.3) is 0 Å². The number of nitrogens with zero attached hydrogens (tertiary/aromatic N) is 2. The number of urea groups is 1. The highest BCUT2D eigenvalue weighted by atomic mass is 19.4. The van der Waals surface area contributed by atoms with Crippen LogP contribution in [0.5, 0.6) is 5.75 Å². The van der Waals surface area contributed by atoms with E-state index in [0.29, 0.717) is 43.1 Å². The summed E-state index contributed by atoms with van der Waals surface area (Å²) in [4.78, 5) is 50.0. The second-order valence-electron chi connectivity index (χ2n) is 8.28. The van der Waals surface area contributed by atoms with Gasteiger partial charge in [0.1, 0.15) is 17.9 Å². The molecule has 1 aromatic carbocycles. The minimum atomic E-state index is -4.71. The van der Waals surface area contributed by atoms with E-state index in [1.54, 1.807) is 0 Å². The topological polar surface area (TPSA) is 106 Å². The van der Waals surface area contributed by atoms with Gasteiger partial charge in [-0.25, -0.2) is 9.59 Å². The van der Waals surface area contributed by atoms with E-state index in [0.717, 1.165) is 4.90 Å². The summed E-state index contributed by atoms with van der Waals surface area (Å²) in [5.41, 5.74) is -1.91. The first-order chi connectivity index (χ1) is 17.1. The van der Waals surface area contributed by atoms with Crippen LogP contribution in [0.1, 0.15) is 43.7 Å². The molecule has 0 N–H and O–H groups in total. The number of hydrogen-bond donors (Lipinski definition) is 0. The van der Waals surface area contributed by atoms with Gasteiger partial charge in [-0.3, -0.25) is 14.5 Å². The molecule has 3 rings (SSSR count). The summed E-state index contributed by atoms with van der Waals surface area (Å²) in [6.45, 7) is 2.17. The molecule has 3 amide bonds. The van der Waals surface area contributed by atoms with Crippen molar-refractivity contribution < 1.29 is 41.4 Å². The first kappa shape index (κ1) is 27.0. The molecule has 1 aliphatic heterocycles. The monoisotopic (exact) mass is 512 g/mol. The minimum absolute atomic E-state index is 0.00631. The van der Waals surface area contributed by atoms with Gasteiger partial charge in [-0.05, 0) is 31.4 Å². The molecule has 12 heteroatoms. The Hall–Kier alpha value is -3.57. The van der Waals surface area contributed by atoms with Crippen molar-refractivity contribution in [2.45, 2.75) is 45.2 Å². The Kier molecular flexibility index (Phi) is 8.59. The lowest BCUT2D eigenvalue weighted by Crippen LogP contribution is -2.34. The number of amides is 3. The molecule has 2 heterocycles. The molecule has 1 fully saturated rings. The van der Waals surface area contributed by atoms with Crippen molar-refractivity contribution >= 4 is 28.9 Å². The molecule has 0 unspecified atom stereocenters. The number of imide groups is 1. The van der Waals surface area contributed by atoms with Gasteiger partial charge in [-0.2, -0.15) is 13.2 Å². The van der Waals surface area contributed by atoms with Crippen molar-refractivity contribution in [3.05, 3.63) is 39.7 Å². The van der Waals surface area contributed by atoms with E-state index in [2.05, 4.69) is 4.74 Å². The van der Waals surface area contributed by atoms with Crippen LogP contribution in [-0.2, 0) is 26.9 Å². The lowest BCUT2D eigenvalue weighted by atomic mass is 10.0. The number of esters is 1. The molecule has 196 valence electrons. The van der Waals surface area contributed by atoms with E-state index in [-0.39, 0.29) is 49.5 Å². The largest absolute Gasteiger partial charge is 0.493 e. The molecular formula is C24H27F3N2O7. The second kappa shape index (κ2) is 11.4. The highest BCUT2D eigenvalue weighted by Crippen LogP contribution is 2.37. The van der Waals surface area contributed by atoms with Gasteiger partial charge in [0.05, 0.1) is 25.7 Å². The first-order valence-corrected chi connectivity index (χ1v) is 11.5. The van der Waals surface area contributed by atoms with Crippen LogP contribution in [0.15, 0.2) is 27.4 Å². The summed E-state index contributed by atoms with van der Waals surface area (Å²) >= 11 is 0. The Balaban J connectivity index is 1.62. The van der Waals surface area contributed by atoms with Crippen LogP contribution >= 0.6 is 0 Å². The maximum atomic E-state index is 13.4. The molecule has 9 nitrogen and oxygen atoms in total. The fourth-order valence-corrected chi connectivity index (χ4v) is 3.99. The third kappa shape index (κ3) is 6.16. The quantitative estimate of drug-likeness (QED) is 0.195. The number of halogens is 3. The molecule has 0 spiro atoms. The van der Waals surface area contributed by atoms with Crippen molar-refractivity contribution in [3.63, 3.8) is 0 Å². The molecule has 2 aromatic rings. The van der Waals surface area contributed by atoms with Gasteiger partial charge in [-0.15, -0.1) is 0 Å². The maximum absolute atomic E-state index is 13.4. The Labute approximate surface area is 204 Å². The van der Waals surface area contributed by atoms with Crippen molar-refractivity contribution in [1.29, 1.82) is 0 Å². The Morgan fingerprint density at radius 1 is 1.14 bits per heavy atom. The van der Waals surface area contributed by atoms with Crippen LogP contribution in [0.2, 0.25) is 0 Å². The second-order valence-corrected chi connectivity index (χ2v) is 8.28. The molecule has 0 radical (unpaired) electrons. The predicted molar refractivity (Wildman–Crippen MR) is 122 cm³/mol. The number of methoxy groups -OCH3 is 1. The van der Waals surface area contributed by atoms with Crippen LogP contribution in [0.4, 0.5) is 18.0 Å². The van der Waals surface area contributed by atoms with Gasteiger partial charge in [0.2, 0.25) is 5.91 Å². The van der Waals surface area contributed by atoms with Gasteiger partial charge in [0, 0.05) is 30.1 Å². The molecule has 0 saturated carbocycles. The number of rotatable bonds is 11. The molecule has 1 aromatic heterocycles. The van der Waals surface area contributed by atoms with E-state index in [4.69, 9.17) is 9.15 Å². The molecule has 0 aliphatic carbocycles. The summed E-state index contributed by atoms with van der Waals surface area (Å²) in [5.74, 6) is -0.522. The number of aryl methyl sites for hydroxylation is 1. The van der Waals surface area contributed by atoms with E-state index in [1.807, 2.05) is 6.92 Å². The number of fused-ring (bicyclic) bond motifs is 1. The smallest absolute Gasteiger partial charge is 0.417 e. The van der Waals surface area contributed by atoms with Gasteiger partial charge >= 0.3 is 23.8 Å². The van der Waals surface area contributed by atoms with Crippen LogP contribution in [0, 0.1) is 0 Å². The zero-order chi connectivity index (χ0) is 26.5. The number of unbranched alkanes of at least 4 members (excludes halogenated alkanes) is 1. The molecule has 0 atom stereocenters. The average molecular weight is 512 g/mol. The molecule has 0 bridgehead atoms. The fraction of sp³-hybridized carbons (Fsp3) is 0.500. The van der Waals surface area contributed by atoms with Gasteiger partial charge < -0.3 is 18.8 Å². The van der Waals surface area contributed by atoms with Crippen molar-refractivity contribution in [2.24, 2.45) is 0 Å². The standard InChI is InChI=1S/C24H27F3N2O7/c1-3-6-16-18(8-7-15-17(24(25,26)27)13-21(32)36-22(15)16)35-12-5-4-10-29-19(30)14-28(23(29)33)11-9-20(31)34-2/h7-8,13H,3-6,9-12,14H2,1-2H3. The summed E-state index contributed by atoms with van der Waals surface area (Å²) in [5, 5.41) is -0.208. The van der Waals surface area contributed by atoms with Crippen molar-refractivity contribution in [2.75, 3.05) is 33.4 Å². The van der Waals surface area contributed by atoms with Crippen molar-refractivity contribution in [3.8, 4) is 5.75 Å². The number of alkyl halides is 3. The number of benzene rings is 1. The molecule has 1 aliphatic rings. The highest BCUT2D eigenvalue weighted by molar-refractivity contribution is 6.02. The molecule has 36 heavy (non-hydrogen) atoms. The Bertz CT molecular complexity index is 1190. The SMILES string of the molecule is CCCc1c(OCCCCN2C(=O)CN(CCC(=O)OC)C2=O)ccc2c(C(F)(F)F)cc(=O)oc12. The molecular weight excluding hydrogens is 485 g/mol. The minimum Gasteiger partial charge on any atom is -0.493 e. The fourth-order valence-electron chi connectivity index (χ4n) is 3.99. The van der Waals surface area contributed by atoms with Crippen LogP contribution < -0.4 is 10.4 Å². The van der Waals surface area contributed by atoms with E-state index < -0.39 is 29.4 Å². The normalized spacial score (nSPS) is 14.1. The highest BCUT2D eigenvalue weighted by Gasteiger charge is 2.36. The third-order valence-corrected chi connectivity index (χ3v) is 5.75. The van der Waals surface area contributed by atoms with Crippen LogP contribution in [0.25, 0.3) is 11.0 Å². The number of hydrogen-bond acceptors (Lipinski definition) is 7. The summed E-state index contributed by atoms with van der Waals surface area (Å²) in [6, 6.07) is 2.62. The zero-order valence-electron chi connectivity index (χ0n) is 20.0. The predicted octanol–water partition coefficient (Wildman–Crippen LogP) is 3.75. The van der Waals surface area contributed by atoms with E-state index >= 15 is 0 Å². The summed E-state index contributed by atoms with van der Waals surface area (Å²) in [7, 11) is 1.24. The summed E-state index contributed by atoms with van der Waals surface area (Å²) < 4.78 is 55.7. The number of ether oxygens (including phenoxy) is 2. The Morgan fingerprint density at radius 2 is 1.89 bits per heavy atom. The molecule has 1 saturated heterocycles. The van der Waals surface area contributed by atoms with Crippen LogP contribution in [0.3, 0.4) is 0 Å².